The van der Waals surface area contributed by atoms with Crippen LogP contribution in [0, 0.1) is 0 Å². The predicted octanol–water partition coefficient (Wildman–Crippen LogP) is 3.05. The van der Waals surface area contributed by atoms with Crippen LogP contribution in [0.15, 0.2) is 36.7 Å². The zero-order valence-corrected chi connectivity index (χ0v) is 17.4. The van der Waals surface area contributed by atoms with Gasteiger partial charge in [-0.15, -0.1) is 10.2 Å². The molecule has 8 nitrogen and oxygen atoms in total. The lowest BCUT2D eigenvalue weighted by atomic mass is 9.98. The van der Waals surface area contributed by atoms with Crippen LogP contribution in [0.2, 0.25) is 0 Å². The Morgan fingerprint density at radius 1 is 1.07 bits per heavy atom. The van der Waals surface area contributed by atoms with Crippen LogP contribution < -0.4 is 15.0 Å². The molecule has 5 heterocycles. The number of ether oxygens (including phenoxy) is 1. The van der Waals surface area contributed by atoms with Crippen LogP contribution in [0.3, 0.4) is 0 Å². The quantitative estimate of drug-likeness (QED) is 0.651. The van der Waals surface area contributed by atoms with Crippen molar-refractivity contribution in [3.63, 3.8) is 0 Å². The molecule has 2 bridgehead atoms. The summed E-state index contributed by atoms with van der Waals surface area (Å²) in [4.78, 5) is 6.97. The Morgan fingerprint density at radius 3 is 2.53 bits per heavy atom. The van der Waals surface area contributed by atoms with Crippen LogP contribution >= 0.6 is 0 Å². The summed E-state index contributed by atoms with van der Waals surface area (Å²) in [5.74, 6) is 1.48. The lowest BCUT2D eigenvalue weighted by Gasteiger charge is -2.36. The van der Waals surface area contributed by atoms with Crippen molar-refractivity contribution in [2.24, 2.45) is 0 Å². The lowest BCUT2D eigenvalue weighted by Crippen LogP contribution is -2.47. The fraction of sp³-hybridized carbons (Fsp3) is 0.455. The van der Waals surface area contributed by atoms with Gasteiger partial charge in [0.25, 0.3) is 0 Å². The number of nitrogens with zero attached hydrogens (tertiary/aromatic N) is 5. The van der Waals surface area contributed by atoms with Crippen LogP contribution in [0.5, 0.6) is 5.88 Å². The molecular formula is C22H27N7O. The highest BCUT2D eigenvalue weighted by Crippen LogP contribution is 2.32. The van der Waals surface area contributed by atoms with E-state index in [1.807, 2.05) is 37.4 Å². The summed E-state index contributed by atoms with van der Waals surface area (Å²) in [6.07, 6.45) is 8.52. The van der Waals surface area contributed by atoms with Crippen LogP contribution in [0.1, 0.15) is 32.6 Å². The van der Waals surface area contributed by atoms with Crippen molar-refractivity contribution >= 4 is 5.82 Å². The molecule has 0 saturated carbocycles. The van der Waals surface area contributed by atoms with Crippen molar-refractivity contribution in [2.75, 3.05) is 18.6 Å². The number of nitrogens with one attached hydrogen (secondary N) is 2. The van der Waals surface area contributed by atoms with Crippen LogP contribution in [-0.2, 0) is 0 Å². The number of aromatic amines is 1. The second-order valence-electron chi connectivity index (χ2n) is 8.12. The summed E-state index contributed by atoms with van der Waals surface area (Å²) in [7, 11) is 2.13. The fourth-order valence-electron chi connectivity index (χ4n) is 4.63. The number of anilines is 1. The zero-order chi connectivity index (χ0) is 20.5. The molecule has 30 heavy (non-hydrogen) atoms. The van der Waals surface area contributed by atoms with Crippen molar-refractivity contribution in [2.45, 2.75) is 50.7 Å². The summed E-state index contributed by atoms with van der Waals surface area (Å²) in [5, 5.41) is 19.5. The average Bonchev–Trinajstić information content (AvgIpc) is 3.43. The number of hydrogen-bond donors (Lipinski definition) is 2. The first kappa shape index (κ1) is 19.0. The van der Waals surface area contributed by atoms with E-state index in [0.717, 1.165) is 28.3 Å². The third-order valence-corrected chi connectivity index (χ3v) is 6.22. The normalized spacial score (nSPS) is 22.8. The number of hydrogen-bond acceptors (Lipinski definition) is 7. The van der Waals surface area contributed by atoms with Gasteiger partial charge in [-0.05, 0) is 56.9 Å². The van der Waals surface area contributed by atoms with Gasteiger partial charge in [0, 0.05) is 42.5 Å². The second-order valence-corrected chi connectivity index (χ2v) is 8.12. The SMILES string of the molecule is CCOc1nc(-c2ccc(N(C)C3CC4CCC(C3)N4)nn2)ccc1-c1cn[nH]c1. The molecular weight excluding hydrogens is 378 g/mol. The molecule has 5 rings (SSSR count). The average molecular weight is 406 g/mol. The minimum atomic E-state index is 0.515. The fourth-order valence-corrected chi connectivity index (χ4v) is 4.63. The van der Waals surface area contributed by atoms with Gasteiger partial charge in [0.15, 0.2) is 5.82 Å². The Hall–Kier alpha value is -3.00. The monoisotopic (exact) mass is 405 g/mol. The van der Waals surface area contributed by atoms with E-state index in [2.05, 4.69) is 37.7 Å². The number of pyridine rings is 1. The molecule has 0 amide bonds. The number of H-pyrrole nitrogens is 1. The van der Waals surface area contributed by atoms with Gasteiger partial charge in [-0.1, -0.05) is 0 Å². The maximum Gasteiger partial charge on any atom is 0.222 e. The standard InChI is InChI=1S/C22H27N7O/c1-3-30-22-18(14-12-23-24-13-14)6-7-19(26-22)20-8-9-21(28-27-20)29(2)17-10-15-4-5-16(11-17)25-15/h6-9,12-13,15-17,25H,3-5,10-11H2,1-2H3,(H,23,24). The highest BCUT2D eigenvalue weighted by Gasteiger charge is 2.35. The van der Waals surface area contributed by atoms with E-state index in [0.29, 0.717) is 30.6 Å². The van der Waals surface area contributed by atoms with Crippen LogP contribution in [0.25, 0.3) is 22.5 Å². The maximum absolute atomic E-state index is 5.78. The summed E-state index contributed by atoms with van der Waals surface area (Å²) in [6.45, 7) is 2.49. The van der Waals surface area contributed by atoms with E-state index >= 15 is 0 Å². The highest BCUT2D eigenvalue weighted by molar-refractivity contribution is 5.70. The molecule has 2 N–H and O–H groups in total. The van der Waals surface area contributed by atoms with Crippen LogP contribution in [0.4, 0.5) is 5.82 Å². The Kier molecular flexibility index (Phi) is 5.08. The molecule has 2 aliphatic heterocycles. The molecule has 8 heteroatoms. The molecule has 0 aromatic carbocycles. The second kappa shape index (κ2) is 8.02. The third-order valence-electron chi connectivity index (χ3n) is 6.22. The van der Waals surface area contributed by atoms with E-state index < -0.39 is 0 Å². The van der Waals surface area contributed by atoms with Crippen LogP contribution in [-0.4, -0.2) is 57.2 Å². The van der Waals surface area contributed by atoms with E-state index in [1.165, 1.54) is 25.7 Å². The van der Waals surface area contributed by atoms with Gasteiger partial charge in [-0.25, -0.2) is 4.98 Å². The van der Waals surface area contributed by atoms with Gasteiger partial charge >= 0.3 is 0 Å². The number of rotatable bonds is 6. The van der Waals surface area contributed by atoms with Gasteiger partial charge in [0.2, 0.25) is 5.88 Å². The summed E-state index contributed by atoms with van der Waals surface area (Å²) in [5.41, 5.74) is 3.32. The summed E-state index contributed by atoms with van der Waals surface area (Å²) < 4.78 is 5.78. The molecule has 2 unspecified atom stereocenters. The van der Waals surface area contributed by atoms with Crippen molar-refractivity contribution < 1.29 is 4.74 Å². The lowest BCUT2D eigenvalue weighted by molar-refractivity contribution is 0.329. The highest BCUT2D eigenvalue weighted by atomic mass is 16.5. The zero-order valence-electron chi connectivity index (χ0n) is 17.4. The van der Waals surface area contributed by atoms with Gasteiger partial charge in [0.05, 0.1) is 18.5 Å². The minimum absolute atomic E-state index is 0.515. The Labute approximate surface area is 176 Å². The van der Waals surface area contributed by atoms with E-state index in [-0.39, 0.29) is 0 Å². The summed E-state index contributed by atoms with van der Waals surface area (Å²) in [6, 6.07) is 9.79. The van der Waals surface area contributed by atoms with Gasteiger partial charge in [-0.3, -0.25) is 5.10 Å². The topological polar surface area (TPSA) is 91.8 Å². The number of fused-ring (bicyclic) bond motifs is 2. The van der Waals surface area contributed by atoms with E-state index in [1.54, 1.807) is 6.20 Å². The minimum Gasteiger partial charge on any atom is -0.478 e. The number of piperidine rings is 1. The molecule has 3 aromatic rings. The Balaban J connectivity index is 1.36. The van der Waals surface area contributed by atoms with Gasteiger partial charge < -0.3 is 15.0 Å². The molecule has 0 spiro atoms. The van der Waals surface area contributed by atoms with Crippen molar-refractivity contribution in [1.29, 1.82) is 0 Å². The molecule has 2 saturated heterocycles. The first-order chi connectivity index (χ1) is 14.7. The Bertz CT molecular complexity index is 977. The largest absolute Gasteiger partial charge is 0.478 e. The molecule has 3 aromatic heterocycles. The number of aromatic nitrogens is 5. The summed E-state index contributed by atoms with van der Waals surface area (Å²) >= 11 is 0. The predicted molar refractivity (Wildman–Crippen MR) is 115 cm³/mol. The molecule has 2 fully saturated rings. The third kappa shape index (κ3) is 3.63. The first-order valence-corrected chi connectivity index (χ1v) is 10.7. The van der Waals surface area contributed by atoms with E-state index in [4.69, 9.17) is 9.72 Å². The first-order valence-electron chi connectivity index (χ1n) is 10.7. The molecule has 0 radical (unpaired) electrons. The van der Waals surface area contributed by atoms with E-state index in [9.17, 15) is 0 Å². The van der Waals surface area contributed by atoms with Crippen molar-refractivity contribution in [1.82, 2.24) is 30.7 Å². The van der Waals surface area contributed by atoms with Gasteiger partial charge in [-0.2, -0.15) is 5.10 Å². The smallest absolute Gasteiger partial charge is 0.222 e. The van der Waals surface area contributed by atoms with Crippen molar-refractivity contribution in [3.8, 4) is 28.4 Å². The molecule has 2 atom stereocenters. The molecule has 0 aliphatic carbocycles. The Morgan fingerprint density at radius 2 is 1.87 bits per heavy atom. The van der Waals surface area contributed by atoms with Crippen molar-refractivity contribution in [3.05, 3.63) is 36.7 Å². The maximum atomic E-state index is 5.78. The molecule has 156 valence electrons. The molecule has 2 aliphatic rings. The van der Waals surface area contributed by atoms with Gasteiger partial charge in [0.1, 0.15) is 5.69 Å².